The first-order valence-corrected chi connectivity index (χ1v) is 6.58. The van der Waals surface area contributed by atoms with Gasteiger partial charge in [-0.1, -0.05) is 0 Å². The highest BCUT2D eigenvalue weighted by Gasteiger charge is 2.25. The molecule has 1 aromatic rings. The Morgan fingerprint density at radius 2 is 2.50 bits per heavy atom. The lowest BCUT2D eigenvalue weighted by atomic mass is 10.0. The molecular weight excluding hydrogens is 230 g/mol. The molecule has 102 valence electrons. The minimum absolute atomic E-state index is 0.416. The van der Waals surface area contributed by atoms with E-state index < -0.39 is 0 Å². The van der Waals surface area contributed by atoms with Crippen LogP contribution >= 0.6 is 0 Å². The number of methoxy groups -OCH3 is 1. The van der Waals surface area contributed by atoms with Crippen molar-refractivity contribution in [2.24, 2.45) is 5.92 Å². The topological polar surface area (TPSA) is 48.3 Å². The molecule has 2 unspecified atom stereocenters. The van der Waals surface area contributed by atoms with Gasteiger partial charge >= 0.3 is 0 Å². The molecule has 2 heterocycles. The van der Waals surface area contributed by atoms with Gasteiger partial charge in [-0.25, -0.2) is 4.98 Å². The monoisotopic (exact) mass is 253 g/mol. The summed E-state index contributed by atoms with van der Waals surface area (Å²) in [5, 5.41) is 3.33. The maximum absolute atomic E-state index is 5.47. The van der Waals surface area contributed by atoms with Crippen LogP contribution in [0.25, 0.3) is 0 Å². The molecule has 0 radical (unpaired) electrons. The number of hydrogen-bond donors (Lipinski definition) is 1. The average Bonchev–Trinajstić information content (AvgIpc) is 2.98. The highest BCUT2D eigenvalue weighted by atomic mass is 16.5. The number of imidazole rings is 1. The fourth-order valence-corrected chi connectivity index (χ4v) is 2.38. The zero-order valence-electron chi connectivity index (χ0n) is 11.5. The van der Waals surface area contributed by atoms with Crippen LogP contribution in [-0.2, 0) is 9.47 Å². The number of aryl methyl sites for hydroxylation is 1. The zero-order chi connectivity index (χ0) is 13.0. The van der Waals surface area contributed by atoms with E-state index in [-0.39, 0.29) is 0 Å². The molecule has 1 fully saturated rings. The van der Waals surface area contributed by atoms with Crippen LogP contribution in [0.5, 0.6) is 0 Å². The Balaban J connectivity index is 2.05. The van der Waals surface area contributed by atoms with Crippen LogP contribution < -0.4 is 5.32 Å². The second kappa shape index (κ2) is 6.20. The Labute approximate surface area is 108 Å². The van der Waals surface area contributed by atoms with Gasteiger partial charge < -0.3 is 19.4 Å². The molecule has 1 aliphatic rings. The Bertz CT molecular complexity index is 372. The van der Waals surface area contributed by atoms with Gasteiger partial charge in [-0.05, 0) is 20.3 Å². The number of anilines is 1. The number of aromatic nitrogens is 2. The molecule has 5 nitrogen and oxygen atoms in total. The Kier molecular flexibility index (Phi) is 4.60. The molecule has 0 aliphatic carbocycles. The quantitative estimate of drug-likeness (QED) is 0.786. The van der Waals surface area contributed by atoms with Crippen molar-refractivity contribution in [3.8, 4) is 0 Å². The molecule has 1 aromatic heterocycles. The van der Waals surface area contributed by atoms with E-state index in [1.807, 2.05) is 6.92 Å². The van der Waals surface area contributed by atoms with E-state index in [0.29, 0.717) is 18.6 Å². The number of ether oxygens (including phenoxy) is 2. The largest absolute Gasteiger partial charge is 0.383 e. The SMILES string of the molecule is COCCNc1nc(C)cn1C(C)C1CCOC1. The third-order valence-corrected chi connectivity index (χ3v) is 3.53. The van der Waals surface area contributed by atoms with Crippen LogP contribution in [0.1, 0.15) is 25.1 Å². The minimum Gasteiger partial charge on any atom is -0.383 e. The van der Waals surface area contributed by atoms with E-state index in [2.05, 4.69) is 28.0 Å². The van der Waals surface area contributed by atoms with Crippen molar-refractivity contribution in [3.05, 3.63) is 11.9 Å². The number of hydrogen-bond acceptors (Lipinski definition) is 4. The molecule has 0 aromatic carbocycles. The number of rotatable bonds is 6. The first kappa shape index (κ1) is 13.4. The van der Waals surface area contributed by atoms with Crippen LogP contribution in [0.4, 0.5) is 5.95 Å². The highest BCUT2D eigenvalue weighted by Crippen LogP contribution is 2.28. The van der Waals surface area contributed by atoms with Crippen molar-refractivity contribution < 1.29 is 9.47 Å². The first-order valence-electron chi connectivity index (χ1n) is 6.58. The van der Waals surface area contributed by atoms with Gasteiger partial charge in [-0.3, -0.25) is 0 Å². The van der Waals surface area contributed by atoms with Crippen molar-refractivity contribution in [1.29, 1.82) is 0 Å². The molecule has 2 atom stereocenters. The van der Waals surface area contributed by atoms with Crippen LogP contribution in [0.2, 0.25) is 0 Å². The van der Waals surface area contributed by atoms with Crippen molar-refractivity contribution >= 4 is 5.95 Å². The smallest absolute Gasteiger partial charge is 0.203 e. The highest BCUT2D eigenvalue weighted by molar-refractivity contribution is 5.29. The summed E-state index contributed by atoms with van der Waals surface area (Å²) in [6.07, 6.45) is 3.24. The lowest BCUT2D eigenvalue weighted by molar-refractivity contribution is 0.175. The number of nitrogens with zero attached hydrogens (tertiary/aromatic N) is 2. The van der Waals surface area contributed by atoms with E-state index in [0.717, 1.165) is 37.8 Å². The molecule has 1 saturated heterocycles. The van der Waals surface area contributed by atoms with Gasteiger partial charge in [-0.2, -0.15) is 0 Å². The normalized spacial score (nSPS) is 21.2. The maximum Gasteiger partial charge on any atom is 0.203 e. The van der Waals surface area contributed by atoms with Gasteiger partial charge in [0.2, 0.25) is 5.95 Å². The third-order valence-electron chi connectivity index (χ3n) is 3.53. The van der Waals surface area contributed by atoms with E-state index >= 15 is 0 Å². The second-order valence-corrected chi connectivity index (χ2v) is 4.90. The molecule has 18 heavy (non-hydrogen) atoms. The molecule has 1 N–H and O–H groups in total. The predicted octanol–water partition coefficient (Wildman–Crippen LogP) is 1.85. The maximum atomic E-state index is 5.47. The standard InChI is InChI=1S/C13H23N3O2/c1-10-8-16(11(2)12-4-6-18-9-12)13(15-10)14-5-7-17-3/h8,11-12H,4-7,9H2,1-3H3,(H,14,15). The Hall–Kier alpha value is -1.07. The van der Waals surface area contributed by atoms with Crippen LogP contribution in [0.3, 0.4) is 0 Å². The molecule has 5 heteroatoms. The summed E-state index contributed by atoms with van der Waals surface area (Å²) in [5.41, 5.74) is 1.04. The summed E-state index contributed by atoms with van der Waals surface area (Å²) in [4.78, 5) is 4.53. The molecule has 0 saturated carbocycles. The lowest BCUT2D eigenvalue weighted by Gasteiger charge is -2.21. The summed E-state index contributed by atoms with van der Waals surface area (Å²) in [5.74, 6) is 1.52. The molecule has 0 amide bonds. The molecule has 1 aliphatic heterocycles. The zero-order valence-corrected chi connectivity index (χ0v) is 11.5. The fraction of sp³-hybridized carbons (Fsp3) is 0.769. The van der Waals surface area contributed by atoms with Gasteiger partial charge in [0, 0.05) is 38.4 Å². The van der Waals surface area contributed by atoms with E-state index in [1.165, 1.54) is 0 Å². The summed E-state index contributed by atoms with van der Waals surface area (Å²) < 4.78 is 12.7. The van der Waals surface area contributed by atoms with Gasteiger partial charge in [-0.15, -0.1) is 0 Å². The summed E-state index contributed by atoms with van der Waals surface area (Å²) in [6, 6.07) is 0.416. The van der Waals surface area contributed by atoms with Crippen LogP contribution in [0.15, 0.2) is 6.20 Å². The first-order chi connectivity index (χ1) is 8.72. The van der Waals surface area contributed by atoms with Crippen molar-refractivity contribution in [3.63, 3.8) is 0 Å². The van der Waals surface area contributed by atoms with Gasteiger partial charge in [0.1, 0.15) is 0 Å². The summed E-state index contributed by atoms with van der Waals surface area (Å²) in [7, 11) is 1.71. The van der Waals surface area contributed by atoms with E-state index in [9.17, 15) is 0 Å². The van der Waals surface area contributed by atoms with Crippen molar-refractivity contribution in [2.45, 2.75) is 26.3 Å². The van der Waals surface area contributed by atoms with Crippen molar-refractivity contribution in [2.75, 3.05) is 38.8 Å². The minimum atomic E-state index is 0.416. The third kappa shape index (κ3) is 3.03. The van der Waals surface area contributed by atoms with Gasteiger partial charge in [0.15, 0.2) is 0 Å². The summed E-state index contributed by atoms with van der Waals surface area (Å²) in [6.45, 7) is 7.47. The fourth-order valence-electron chi connectivity index (χ4n) is 2.38. The Morgan fingerprint density at radius 3 is 3.17 bits per heavy atom. The van der Waals surface area contributed by atoms with Crippen LogP contribution in [-0.4, -0.2) is 43.0 Å². The average molecular weight is 253 g/mol. The van der Waals surface area contributed by atoms with Crippen molar-refractivity contribution in [1.82, 2.24) is 9.55 Å². The molecule has 0 bridgehead atoms. The van der Waals surface area contributed by atoms with E-state index in [1.54, 1.807) is 7.11 Å². The molecule has 2 rings (SSSR count). The van der Waals surface area contributed by atoms with Gasteiger partial charge in [0.25, 0.3) is 0 Å². The summed E-state index contributed by atoms with van der Waals surface area (Å²) >= 11 is 0. The van der Waals surface area contributed by atoms with Gasteiger partial charge in [0.05, 0.1) is 18.9 Å². The van der Waals surface area contributed by atoms with E-state index in [4.69, 9.17) is 9.47 Å². The predicted molar refractivity (Wildman–Crippen MR) is 71.0 cm³/mol. The molecule has 0 spiro atoms. The lowest BCUT2D eigenvalue weighted by Crippen LogP contribution is -2.20. The molecular formula is C13H23N3O2. The van der Waals surface area contributed by atoms with Crippen LogP contribution in [0, 0.1) is 12.8 Å². The number of nitrogens with one attached hydrogen (secondary N) is 1. The second-order valence-electron chi connectivity index (χ2n) is 4.90. The Morgan fingerprint density at radius 1 is 1.67 bits per heavy atom.